The minimum absolute atomic E-state index is 0.0224. The molecule has 0 aliphatic heterocycles. The Morgan fingerprint density at radius 1 is 1.41 bits per heavy atom. The largest absolute Gasteiger partial charge is 0.491 e. The number of benzene rings is 1. The second-order valence-corrected chi connectivity index (χ2v) is 6.29. The number of methoxy groups -OCH3 is 1. The zero-order valence-corrected chi connectivity index (χ0v) is 11.5. The van der Waals surface area contributed by atoms with Crippen LogP contribution in [0.5, 0.6) is 5.75 Å². The van der Waals surface area contributed by atoms with E-state index in [1.54, 1.807) is 20.1 Å². The Morgan fingerprint density at radius 2 is 2.06 bits per heavy atom. The van der Waals surface area contributed by atoms with Crippen LogP contribution < -0.4 is 4.74 Å². The fourth-order valence-electron chi connectivity index (χ4n) is 1.21. The summed E-state index contributed by atoms with van der Waals surface area (Å²) in [6, 6.07) is 4.49. The van der Waals surface area contributed by atoms with Gasteiger partial charge in [-0.1, -0.05) is 0 Å². The van der Waals surface area contributed by atoms with E-state index < -0.39 is 9.05 Å². The van der Waals surface area contributed by atoms with Crippen LogP contribution in [0.2, 0.25) is 0 Å². The molecular weight excluding hydrogens is 264 g/mol. The predicted octanol–water partition coefficient (Wildman–Crippen LogP) is 2.34. The molecule has 1 aromatic rings. The molecule has 0 spiro atoms. The van der Waals surface area contributed by atoms with E-state index in [4.69, 9.17) is 20.2 Å². The zero-order chi connectivity index (χ0) is 13.1. The van der Waals surface area contributed by atoms with Gasteiger partial charge in [0.2, 0.25) is 0 Å². The van der Waals surface area contributed by atoms with Crippen LogP contribution in [0.15, 0.2) is 23.1 Å². The van der Waals surface area contributed by atoms with E-state index in [2.05, 4.69) is 0 Å². The summed E-state index contributed by atoms with van der Waals surface area (Å²) in [5, 5.41) is 0. The lowest BCUT2D eigenvalue weighted by Gasteiger charge is -2.13. The van der Waals surface area contributed by atoms with Crippen LogP contribution in [0.1, 0.15) is 12.5 Å². The topological polar surface area (TPSA) is 52.6 Å². The molecule has 0 aliphatic carbocycles. The van der Waals surface area contributed by atoms with Gasteiger partial charge < -0.3 is 9.47 Å². The first-order valence-electron chi connectivity index (χ1n) is 5.05. The van der Waals surface area contributed by atoms with Crippen molar-refractivity contribution in [1.29, 1.82) is 0 Å². The van der Waals surface area contributed by atoms with Gasteiger partial charge in [-0.2, -0.15) is 0 Å². The molecule has 96 valence electrons. The van der Waals surface area contributed by atoms with Crippen LogP contribution in [0.4, 0.5) is 0 Å². The second-order valence-electron chi connectivity index (χ2n) is 3.72. The number of halogens is 1. The molecule has 1 rings (SSSR count). The highest BCUT2D eigenvalue weighted by atomic mass is 35.7. The lowest BCUT2D eigenvalue weighted by Crippen LogP contribution is -2.16. The van der Waals surface area contributed by atoms with Crippen molar-refractivity contribution < 1.29 is 17.9 Å². The summed E-state index contributed by atoms with van der Waals surface area (Å²) in [5.41, 5.74) is 0.718. The Balaban J connectivity index is 2.84. The Hall–Kier alpha value is -0.780. The van der Waals surface area contributed by atoms with Crippen LogP contribution in [0.3, 0.4) is 0 Å². The van der Waals surface area contributed by atoms with Crippen molar-refractivity contribution in [2.24, 2.45) is 0 Å². The van der Waals surface area contributed by atoms with E-state index in [1.807, 2.05) is 6.92 Å². The van der Waals surface area contributed by atoms with E-state index in [1.165, 1.54) is 12.1 Å². The van der Waals surface area contributed by atoms with E-state index in [9.17, 15) is 8.42 Å². The minimum Gasteiger partial charge on any atom is -0.491 e. The molecule has 0 radical (unpaired) electrons. The number of hydrogen-bond acceptors (Lipinski definition) is 4. The minimum atomic E-state index is -3.69. The van der Waals surface area contributed by atoms with Crippen molar-refractivity contribution in [3.8, 4) is 5.75 Å². The van der Waals surface area contributed by atoms with Crippen molar-refractivity contribution in [2.45, 2.75) is 24.8 Å². The average Bonchev–Trinajstić information content (AvgIpc) is 2.25. The fraction of sp³-hybridized carbons (Fsp3) is 0.455. The molecule has 0 N–H and O–H groups in total. The van der Waals surface area contributed by atoms with Gasteiger partial charge in [0.05, 0.1) is 11.0 Å². The fourth-order valence-corrected chi connectivity index (χ4v) is 2.05. The standard InChI is InChI=1S/C11H15ClO4S/c1-8-6-10(17(12,13)14)4-5-11(8)16-7-9(2)15-3/h4-6,9H,7H2,1-3H3. The van der Waals surface area contributed by atoms with Crippen molar-refractivity contribution in [3.05, 3.63) is 23.8 Å². The van der Waals surface area contributed by atoms with E-state index in [0.29, 0.717) is 12.4 Å². The average molecular weight is 279 g/mol. The second kappa shape index (κ2) is 5.71. The molecular formula is C11H15ClO4S. The Bertz CT molecular complexity index is 484. The maximum absolute atomic E-state index is 11.1. The summed E-state index contributed by atoms with van der Waals surface area (Å²) >= 11 is 0. The Morgan fingerprint density at radius 3 is 2.53 bits per heavy atom. The molecule has 0 saturated heterocycles. The third-order valence-corrected chi connectivity index (χ3v) is 3.66. The third-order valence-electron chi connectivity index (χ3n) is 2.30. The van der Waals surface area contributed by atoms with Gasteiger partial charge in [0.1, 0.15) is 12.4 Å². The quantitative estimate of drug-likeness (QED) is 0.776. The third kappa shape index (κ3) is 4.18. The van der Waals surface area contributed by atoms with Gasteiger partial charge >= 0.3 is 0 Å². The molecule has 0 amide bonds. The van der Waals surface area contributed by atoms with Gasteiger partial charge in [0, 0.05) is 17.8 Å². The smallest absolute Gasteiger partial charge is 0.261 e. The van der Waals surface area contributed by atoms with Crippen LogP contribution in [0.25, 0.3) is 0 Å². The summed E-state index contributed by atoms with van der Waals surface area (Å²) in [5.74, 6) is 0.623. The molecule has 1 atom stereocenters. The Labute approximate surface area is 106 Å². The van der Waals surface area contributed by atoms with Crippen molar-refractivity contribution in [2.75, 3.05) is 13.7 Å². The molecule has 17 heavy (non-hydrogen) atoms. The molecule has 1 aromatic carbocycles. The van der Waals surface area contributed by atoms with Crippen LogP contribution >= 0.6 is 10.7 Å². The highest BCUT2D eigenvalue weighted by molar-refractivity contribution is 8.13. The van der Waals surface area contributed by atoms with Gasteiger partial charge in [-0.15, -0.1) is 0 Å². The Kier molecular flexibility index (Phi) is 4.80. The van der Waals surface area contributed by atoms with Gasteiger partial charge in [0.15, 0.2) is 0 Å². The number of hydrogen-bond donors (Lipinski definition) is 0. The maximum Gasteiger partial charge on any atom is 0.261 e. The maximum atomic E-state index is 11.1. The molecule has 0 aliphatic rings. The number of aryl methyl sites for hydroxylation is 1. The van der Waals surface area contributed by atoms with E-state index in [-0.39, 0.29) is 11.0 Å². The first kappa shape index (κ1) is 14.3. The molecule has 0 heterocycles. The van der Waals surface area contributed by atoms with Crippen molar-refractivity contribution >= 4 is 19.7 Å². The van der Waals surface area contributed by atoms with E-state index in [0.717, 1.165) is 5.56 Å². The normalized spacial score (nSPS) is 13.4. The molecule has 6 heteroatoms. The zero-order valence-electron chi connectivity index (χ0n) is 9.94. The van der Waals surface area contributed by atoms with E-state index >= 15 is 0 Å². The molecule has 1 unspecified atom stereocenters. The number of rotatable bonds is 5. The van der Waals surface area contributed by atoms with Crippen molar-refractivity contribution in [3.63, 3.8) is 0 Å². The van der Waals surface area contributed by atoms with Crippen LogP contribution in [-0.2, 0) is 13.8 Å². The van der Waals surface area contributed by atoms with Crippen LogP contribution in [0, 0.1) is 6.92 Å². The van der Waals surface area contributed by atoms with Gasteiger partial charge in [-0.25, -0.2) is 8.42 Å². The summed E-state index contributed by atoms with van der Waals surface area (Å²) < 4.78 is 32.8. The molecule has 0 fully saturated rings. The monoisotopic (exact) mass is 278 g/mol. The summed E-state index contributed by atoms with van der Waals surface area (Å²) in [7, 11) is 3.16. The van der Waals surface area contributed by atoms with Gasteiger partial charge in [0.25, 0.3) is 9.05 Å². The lowest BCUT2D eigenvalue weighted by atomic mass is 10.2. The molecule has 0 aromatic heterocycles. The molecule has 0 bridgehead atoms. The molecule has 0 saturated carbocycles. The lowest BCUT2D eigenvalue weighted by molar-refractivity contribution is 0.0714. The predicted molar refractivity (Wildman–Crippen MR) is 66.2 cm³/mol. The number of ether oxygens (including phenoxy) is 2. The molecule has 4 nitrogen and oxygen atoms in total. The van der Waals surface area contributed by atoms with Gasteiger partial charge in [-0.05, 0) is 37.6 Å². The summed E-state index contributed by atoms with van der Waals surface area (Å²) in [4.78, 5) is 0.0730. The van der Waals surface area contributed by atoms with Crippen molar-refractivity contribution in [1.82, 2.24) is 0 Å². The first-order valence-corrected chi connectivity index (χ1v) is 7.36. The SMILES string of the molecule is COC(C)COc1ccc(S(=O)(=O)Cl)cc1C. The van der Waals surface area contributed by atoms with Gasteiger partial charge in [-0.3, -0.25) is 0 Å². The summed E-state index contributed by atoms with van der Waals surface area (Å²) in [6.07, 6.45) is -0.0224. The highest BCUT2D eigenvalue weighted by Gasteiger charge is 2.12. The first-order chi connectivity index (χ1) is 7.84. The van der Waals surface area contributed by atoms with Crippen LogP contribution in [-0.4, -0.2) is 28.2 Å². The summed E-state index contributed by atoms with van der Waals surface area (Å²) in [6.45, 7) is 4.05. The highest BCUT2D eigenvalue weighted by Crippen LogP contribution is 2.24.